The molecule has 0 heterocycles. The average molecular weight is 523 g/mol. The lowest BCUT2D eigenvalue weighted by Gasteiger charge is -2.28. The third-order valence-electron chi connectivity index (χ3n) is 5.61. The molecule has 2 rings (SSSR count). The first kappa shape index (κ1) is 30.0. The Kier molecular flexibility index (Phi) is 10.8. The molecule has 1 N–H and O–H groups in total. The van der Waals surface area contributed by atoms with Gasteiger partial charge in [0.25, 0.3) is 0 Å². The zero-order valence-corrected chi connectivity index (χ0v) is 22.2. The highest BCUT2D eigenvalue weighted by atomic mass is 19.4. The second-order valence-corrected chi connectivity index (χ2v) is 10.2. The lowest BCUT2D eigenvalue weighted by Crippen LogP contribution is -2.48. The minimum absolute atomic E-state index is 0.168. The Bertz CT molecular complexity index is 1000. The summed E-state index contributed by atoms with van der Waals surface area (Å²) < 4.78 is 46.3. The molecule has 204 valence electrons. The van der Waals surface area contributed by atoms with Crippen LogP contribution in [0.2, 0.25) is 0 Å². The van der Waals surface area contributed by atoms with Gasteiger partial charge in [-0.05, 0) is 47.1 Å². The maximum Gasteiger partial charge on any atom is 0.573 e. The monoisotopic (exact) mass is 522 g/mol. The number of likely N-dealkylation sites (N-methyl/N-ethyl adjacent to an activating group) is 1. The van der Waals surface area contributed by atoms with Crippen LogP contribution >= 0.6 is 0 Å². The Morgan fingerprint density at radius 3 is 2.05 bits per heavy atom. The van der Waals surface area contributed by atoms with Crippen LogP contribution in [0.5, 0.6) is 5.75 Å². The Morgan fingerprint density at radius 1 is 0.973 bits per heavy atom. The second kappa shape index (κ2) is 13.4. The fourth-order valence-corrected chi connectivity index (χ4v) is 3.57. The number of benzene rings is 2. The maximum atomic E-state index is 12.9. The van der Waals surface area contributed by atoms with Crippen LogP contribution in [0.3, 0.4) is 0 Å². The van der Waals surface area contributed by atoms with Gasteiger partial charge in [0, 0.05) is 13.6 Å². The summed E-state index contributed by atoms with van der Waals surface area (Å²) in [6.07, 6.45) is -2.40. The Labute approximate surface area is 217 Å². The third kappa shape index (κ3) is 10.7. The number of halogens is 3. The van der Waals surface area contributed by atoms with Crippen LogP contribution in [0.25, 0.3) is 11.1 Å². The molecule has 0 aliphatic carbocycles. The van der Waals surface area contributed by atoms with Crippen molar-refractivity contribution in [1.29, 1.82) is 0 Å². The molecule has 0 aromatic heterocycles. The van der Waals surface area contributed by atoms with Crippen LogP contribution in [0.15, 0.2) is 48.5 Å². The van der Waals surface area contributed by atoms with E-state index in [1.807, 2.05) is 52.0 Å². The van der Waals surface area contributed by atoms with Crippen molar-refractivity contribution in [3.8, 4) is 16.9 Å². The molecule has 0 saturated carbocycles. The van der Waals surface area contributed by atoms with Crippen molar-refractivity contribution < 1.29 is 32.2 Å². The van der Waals surface area contributed by atoms with E-state index in [4.69, 9.17) is 4.74 Å². The molecule has 0 saturated heterocycles. The zero-order chi connectivity index (χ0) is 27.6. The van der Waals surface area contributed by atoms with E-state index < -0.39 is 18.5 Å². The van der Waals surface area contributed by atoms with Gasteiger partial charge in [0.05, 0.1) is 6.61 Å². The number of nitrogens with one attached hydrogen (secondary N) is 1. The zero-order valence-electron chi connectivity index (χ0n) is 22.2. The molecular weight excluding hydrogens is 485 g/mol. The van der Waals surface area contributed by atoms with Crippen LogP contribution < -0.4 is 10.1 Å². The van der Waals surface area contributed by atoms with Gasteiger partial charge in [0.1, 0.15) is 11.8 Å². The largest absolute Gasteiger partial charge is 0.573 e. The van der Waals surface area contributed by atoms with Crippen LogP contribution in [0.4, 0.5) is 18.0 Å². The minimum Gasteiger partial charge on any atom is -0.449 e. The number of amides is 2. The quantitative estimate of drug-likeness (QED) is 0.362. The van der Waals surface area contributed by atoms with Gasteiger partial charge < -0.3 is 14.8 Å². The highest BCUT2D eigenvalue weighted by molar-refractivity contribution is 5.85. The van der Waals surface area contributed by atoms with Crippen LogP contribution in [-0.4, -0.2) is 49.5 Å². The lowest BCUT2D eigenvalue weighted by molar-refractivity contribution is -0.274. The number of carbonyl (C=O) groups excluding carboxylic acids is 2. The molecule has 0 aliphatic rings. The number of ether oxygens (including phenoxy) is 2. The first-order chi connectivity index (χ1) is 17.3. The van der Waals surface area contributed by atoms with Gasteiger partial charge in [-0.15, -0.1) is 13.2 Å². The molecule has 9 heteroatoms. The molecular formula is C28H37F3N2O4. The van der Waals surface area contributed by atoms with E-state index in [0.29, 0.717) is 19.4 Å². The van der Waals surface area contributed by atoms with E-state index in [0.717, 1.165) is 29.5 Å². The van der Waals surface area contributed by atoms with Gasteiger partial charge >= 0.3 is 12.5 Å². The molecule has 0 radical (unpaired) electrons. The maximum absolute atomic E-state index is 12.9. The van der Waals surface area contributed by atoms with Gasteiger partial charge in [-0.1, -0.05) is 76.9 Å². The van der Waals surface area contributed by atoms with Crippen LogP contribution in [0.1, 0.15) is 52.5 Å². The molecule has 0 spiro atoms. The molecule has 0 aliphatic heterocycles. The number of unbranched alkanes of at least 4 members (excludes halogenated alkanes) is 1. The minimum atomic E-state index is -4.72. The Balaban J connectivity index is 1.91. The van der Waals surface area contributed by atoms with Gasteiger partial charge in [-0.25, -0.2) is 4.79 Å². The highest BCUT2D eigenvalue weighted by Crippen LogP contribution is 2.26. The summed E-state index contributed by atoms with van der Waals surface area (Å²) in [5, 5.41) is 2.93. The van der Waals surface area contributed by atoms with Crippen molar-refractivity contribution in [3.05, 3.63) is 54.1 Å². The molecule has 2 aromatic rings. The van der Waals surface area contributed by atoms with Crippen molar-refractivity contribution in [2.45, 2.75) is 65.8 Å². The summed E-state index contributed by atoms with van der Waals surface area (Å²) in [5.74, 6) is -0.490. The van der Waals surface area contributed by atoms with Crippen molar-refractivity contribution in [1.82, 2.24) is 10.2 Å². The van der Waals surface area contributed by atoms with Crippen LogP contribution in [0, 0.1) is 5.41 Å². The van der Waals surface area contributed by atoms with Gasteiger partial charge in [-0.3, -0.25) is 9.69 Å². The molecule has 0 fully saturated rings. The fraction of sp³-hybridized carbons (Fsp3) is 0.500. The van der Waals surface area contributed by atoms with Gasteiger partial charge in [-0.2, -0.15) is 0 Å². The number of hydrogen-bond donors (Lipinski definition) is 1. The third-order valence-corrected chi connectivity index (χ3v) is 5.61. The van der Waals surface area contributed by atoms with E-state index in [1.165, 1.54) is 17.0 Å². The summed E-state index contributed by atoms with van der Waals surface area (Å²) >= 11 is 0. The van der Waals surface area contributed by atoms with E-state index in [9.17, 15) is 22.8 Å². The number of nitrogens with zero attached hydrogens (tertiary/aromatic N) is 1. The molecule has 0 bridgehead atoms. The topological polar surface area (TPSA) is 67.9 Å². The summed E-state index contributed by atoms with van der Waals surface area (Å²) in [6, 6.07) is 12.6. The number of hydrogen-bond acceptors (Lipinski definition) is 4. The molecule has 37 heavy (non-hydrogen) atoms. The Morgan fingerprint density at radius 2 is 1.54 bits per heavy atom. The van der Waals surface area contributed by atoms with Gasteiger partial charge in [0.2, 0.25) is 5.91 Å². The summed E-state index contributed by atoms with van der Waals surface area (Å²) in [5.41, 5.74) is 2.43. The highest BCUT2D eigenvalue weighted by Gasteiger charge is 2.31. The standard InChI is InChI=1S/C28H37F3N2O4/c1-6-7-8-24(33(5)26(35)36-19-27(2,3)4)25(34)32-18-17-20-9-11-21(12-10-20)22-13-15-23(16-14-22)37-28(29,30)31/h9-16,24H,6-8,17-19H2,1-5H3,(H,32,34)/t24-/m0/s1. The predicted octanol–water partition coefficient (Wildman–Crippen LogP) is 6.58. The Hall–Kier alpha value is -3.23. The van der Waals surface area contributed by atoms with Crippen molar-refractivity contribution >= 4 is 12.0 Å². The number of alkyl halides is 3. The SMILES string of the molecule is CCCC[C@@H](C(=O)NCCc1ccc(-c2ccc(OC(F)(F)F)cc2)cc1)N(C)C(=O)OCC(C)(C)C. The first-order valence-electron chi connectivity index (χ1n) is 12.4. The van der Waals surface area contributed by atoms with E-state index in [2.05, 4.69) is 10.1 Å². The van der Waals surface area contributed by atoms with E-state index in [-0.39, 0.29) is 23.7 Å². The molecule has 2 aromatic carbocycles. The summed E-state index contributed by atoms with van der Waals surface area (Å²) in [4.78, 5) is 26.8. The summed E-state index contributed by atoms with van der Waals surface area (Å²) in [7, 11) is 1.59. The lowest BCUT2D eigenvalue weighted by atomic mass is 9.99. The average Bonchev–Trinajstić information content (AvgIpc) is 2.82. The van der Waals surface area contributed by atoms with Crippen molar-refractivity contribution in [3.63, 3.8) is 0 Å². The predicted molar refractivity (Wildman–Crippen MR) is 137 cm³/mol. The normalized spacial score (nSPS) is 12.5. The van der Waals surface area contributed by atoms with E-state index in [1.54, 1.807) is 19.2 Å². The van der Waals surface area contributed by atoms with Gasteiger partial charge in [0.15, 0.2) is 0 Å². The summed E-state index contributed by atoms with van der Waals surface area (Å²) in [6.45, 7) is 8.60. The molecule has 2 amide bonds. The van der Waals surface area contributed by atoms with Crippen LogP contribution in [-0.2, 0) is 16.0 Å². The second-order valence-electron chi connectivity index (χ2n) is 10.2. The first-order valence-corrected chi connectivity index (χ1v) is 12.4. The smallest absolute Gasteiger partial charge is 0.449 e. The number of carbonyl (C=O) groups is 2. The van der Waals surface area contributed by atoms with Crippen molar-refractivity contribution in [2.75, 3.05) is 20.2 Å². The molecule has 0 unspecified atom stereocenters. The fourth-order valence-electron chi connectivity index (χ4n) is 3.57. The molecule has 6 nitrogen and oxygen atoms in total. The van der Waals surface area contributed by atoms with Crippen molar-refractivity contribution in [2.24, 2.45) is 5.41 Å². The molecule has 1 atom stereocenters. The number of rotatable bonds is 11. The van der Waals surface area contributed by atoms with E-state index >= 15 is 0 Å².